The molecule has 0 aromatic heterocycles. The molecule has 0 N–H and O–H groups in total. The Labute approximate surface area is 158 Å². The van der Waals surface area contributed by atoms with E-state index in [1.807, 2.05) is 0 Å². The average molecular weight is 468 g/mol. The van der Waals surface area contributed by atoms with Gasteiger partial charge in [-0.25, -0.2) is 8.78 Å². The van der Waals surface area contributed by atoms with Crippen LogP contribution < -0.4 is 0 Å². The van der Waals surface area contributed by atoms with Crippen molar-refractivity contribution in [3.63, 3.8) is 0 Å². The van der Waals surface area contributed by atoms with Crippen LogP contribution in [0.25, 0.3) is 0 Å². The lowest BCUT2D eigenvalue weighted by Crippen LogP contribution is -2.42. The molecule has 1 aromatic rings. The Bertz CT molecular complexity index is 589. The van der Waals surface area contributed by atoms with Gasteiger partial charge in [0.15, 0.2) is 8.32 Å². The van der Waals surface area contributed by atoms with E-state index < -0.39 is 25.6 Å². The van der Waals surface area contributed by atoms with E-state index in [1.165, 1.54) is 12.1 Å². The molecule has 0 spiro atoms. The van der Waals surface area contributed by atoms with Gasteiger partial charge in [0.05, 0.1) is 6.61 Å². The van der Waals surface area contributed by atoms with Gasteiger partial charge in [0.1, 0.15) is 17.2 Å². The van der Waals surface area contributed by atoms with E-state index in [-0.39, 0.29) is 11.0 Å². The molecule has 1 saturated heterocycles. The second-order valence-corrected chi connectivity index (χ2v) is 13.8. The molecule has 1 aromatic carbocycles. The van der Waals surface area contributed by atoms with Crippen molar-refractivity contribution < 1.29 is 17.9 Å². The summed E-state index contributed by atoms with van der Waals surface area (Å²) in [6.07, 6.45) is 0.702. The molecule has 6 heteroatoms. The first-order valence-corrected chi connectivity index (χ1v) is 12.7. The summed E-state index contributed by atoms with van der Waals surface area (Å²) >= 11 is 2.22. The van der Waals surface area contributed by atoms with Crippen LogP contribution in [-0.2, 0) is 14.8 Å². The molecule has 1 fully saturated rings. The highest BCUT2D eigenvalue weighted by Gasteiger charge is 2.44. The fraction of sp³-hybridized carbons (Fsp3) is 0.667. The SMILES string of the molecule is CC(C)(C)[Si](C)(C)OC[C@@H]1CO[C@@](CI)(c2ccc(F)cc2F)C1. The summed E-state index contributed by atoms with van der Waals surface area (Å²) in [6, 6.07) is 3.75. The Hall–Kier alpha value is -0.0531. The van der Waals surface area contributed by atoms with Crippen molar-refractivity contribution >= 4 is 30.9 Å². The van der Waals surface area contributed by atoms with Gasteiger partial charge in [-0.3, -0.25) is 0 Å². The molecule has 0 amide bonds. The van der Waals surface area contributed by atoms with Gasteiger partial charge in [0.25, 0.3) is 0 Å². The van der Waals surface area contributed by atoms with E-state index in [0.717, 1.165) is 6.07 Å². The lowest BCUT2D eigenvalue weighted by atomic mass is 9.89. The largest absolute Gasteiger partial charge is 0.416 e. The number of halogens is 3. The van der Waals surface area contributed by atoms with Crippen LogP contribution in [0.5, 0.6) is 0 Å². The van der Waals surface area contributed by atoms with Gasteiger partial charge >= 0.3 is 0 Å². The van der Waals surface area contributed by atoms with Gasteiger partial charge in [-0.15, -0.1) is 0 Å². The van der Waals surface area contributed by atoms with Crippen LogP contribution in [0.15, 0.2) is 18.2 Å². The van der Waals surface area contributed by atoms with Crippen molar-refractivity contribution in [1.82, 2.24) is 0 Å². The van der Waals surface area contributed by atoms with Gasteiger partial charge < -0.3 is 9.16 Å². The molecule has 0 aliphatic carbocycles. The van der Waals surface area contributed by atoms with Gasteiger partial charge in [-0.05, 0) is 30.6 Å². The van der Waals surface area contributed by atoms with Crippen LogP contribution in [0.1, 0.15) is 32.8 Å². The highest BCUT2D eigenvalue weighted by atomic mass is 127. The number of rotatable bonds is 5. The second kappa shape index (κ2) is 7.29. The Morgan fingerprint density at radius 3 is 2.54 bits per heavy atom. The lowest BCUT2D eigenvalue weighted by molar-refractivity contribution is 0.0187. The summed E-state index contributed by atoms with van der Waals surface area (Å²) in [5.41, 5.74) is -0.229. The van der Waals surface area contributed by atoms with Crippen LogP contribution in [0.2, 0.25) is 18.1 Å². The van der Waals surface area contributed by atoms with Gasteiger partial charge in [-0.1, -0.05) is 49.4 Å². The van der Waals surface area contributed by atoms with Crippen LogP contribution in [0, 0.1) is 17.6 Å². The number of alkyl halides is 1. The molecule has 1 heterocycles. The molecule has 2 nitrogen and oxygen atoms in total. The molecule has 0 saturated carbocycles. The Morgan fingerprint density at radius 2 is 2.00 bits per heavy atom. The number of hydrogen-bond acceptors (Lipinski definition) is 2. The Kier molecular flexibility index (Phi) is 6.15. The van der Waals surface area contributed by atoms with Crippen molar-refractivity contribution in [3.8, 4) is 0 Å². The summed E-state index contributed by atoms with van der Waals surface area (Å²) in [4.78, 5) is 0. The third-order valence-electron chi connectivity index (χ3n) is 5.34. The maximum absolute atomic E-state index is 14.2. The monoisotopic (exact) mass is 468 g/mol. The maximum Gasteiger partial charge on any atom is 0.191 e. The van der Waals surface area contributed by atoms with Crippen LogP contribution in [0.3, 0.4) is 0 Å². The van der Waals surface area contributed by atoms with Gasteiger partial charge in [0.2, 0.25) is 0 Å². The summed E-state index contributed by atoms with van der Waals surface area (Å²) in [5, 5.41) is 0.163. The fourth-order valence-corrected chi connectivity index (χ4v) is 4.75. The maximum atomic E-state index is 14.2. The Balaban J connectivity index is 2.09. The molecule has 0 bridgehead atoms. The molecule has 2 rings (SSSR count). The molecule has 24 heavy (non-hydrogen) atoms. The van der Waals surface area contributed by atoms with E-state index in [4.69, 9.17) is 9.16 Å². The molecule has 136 valence electrons. The zero-order chi connectivity index (χ0) is 18.2. The zero-order valence-electron chi connectivity index (χ0n) is 15.1. The first-order chi connectivity index (χ1) is 11.0. The van der Waals surface area contributed by atoms with Crippen molar-refractivity contribution in [3.05, 3.63) is 35.4 Å². The predicted octanol–water partition coefficient (Wildman–Crippen LogP) is 5.65. The van der Waals surface area contributed by atoms with Crippen molar-refractivity contribution in [2.45, 2.75) is 50.9 Å². The first kappa shape index (κ1) is 20.3. The van der Waals surface area contributed by atoms with Crippen LogP contribution in [-0.4, -0.2) is 26.0 Å². The third kappa shape index (κ3) is 4.19. The second-order valence-electron chi connectivity index (χ2n) is 8.20. The van der Waals surface area contributed by atoms with Gasteiger partial charge in [-0.2, -0.15) is 0 Å². The summed E-state index contributed by atoms with van der Waals surface area (Å²) in [6.45, 7) is 12.3. The average Bonchev–Trinajstić information content (AvgIpc) is 2.89. The fourth-order valence-electron chi connectivity index (χ4n) is 2.72. The van der Waals surface area contributed by atoms with E-state index in [0.29, 0.717) is 29.6 Å². The van der Waals surface area contributed by atoms with Crippen LogP contribution >= 0.6 is 22.6 Å². The minimum absolute atomic E-state index is 0.163. The molecular formula is C18H27F2IO2Si. The van der Waals surface area contributed by atoms with Crippen molar-refractivity contribution in [2.75, 3.05) is 17.6 Å². The van der Waals surface area contributed by atoms with Crippen molar-refractivity contribution in [1.29, 1.82) is 0 Å². The number of benzene rings is 1. The molecule has 0 unspecified atom stereocenters. The first-order valence-electron chi connectivity index (χ1n) is 8.30. The molecule has 1 aliphatic rings. The highest BCUT2D eigenvalue weighted by Crippen LogP contribution is 2.43. The smallest absolute Gasteiger partial charge is 0.191 e. The Morgan fingerprint density at radius 1 is 1.33 bits per heavy atom. The van der Waals surface area contributed by atoms with Crippen molar-refractivity contribution in [2.24, 2.45) is 5.92 Å². The molecule has 2 atom stereocenters. The lowest BCUT2D eigenvalue weighted by Gasteiger charge is -2.37. The van der Waals surface area contributed by atoms with E-state index in [2.05, 4.69) is 56.5 Å². The summed E-state index contributed by atoms with van der Waals surface area (Å²) in [5.74, 6) is -0.855. The quantitative estimate of drug-likeness (QED) is 0.316. The van der Waals surface area contributed by atoms with Crippen LogP contribution in [0.4, 0.5) is 8.78 Å². The highest BCUT2D eigenvalue weighted by molar-refractivity contribution is 14.1. The number of ether oxygens (including phenoxy) is 1. The standard InChI is InChI=1S/C18H27F2IO2Si/c1-17(2,3)24(4,5)23-11-13-9-18(12-21,22-10-13)15-7-6-14(19)8-16(15)20/h6-8,13H,9-12H2,1-5H3/t13-,18-/m0/s1. The van der Waals surface area contributed by atoms with E-state index in [1.54, 1.807) is 0 Å². The molecule has 1 aliphatic heterocycles. The zero-order valence-corrected chi connectivity index (χ0v) is 18.2. The third-order valence-corrected chi connectivity index (χ3v) is 11.1. The topological polar surface area (TPSA) is 18.5 Å². The normalized spacial score (nSPS) is 25.2. The van der Waals surface area contributed by atoms with E-state index >= 15 is 0 Å². The predicted molar refractivity (Wildman–Crippen MR) is 104 cm³/mol. The number of hydrogen-bond donors (Lipinski definition) is 0. The minimum atomic E-state index is -1.81. The summed E-state index contributed by atoms with van der Waals surface area (Å²) in [7, 11) is -1.81. The van der Waals surface area contributed by atoms with Gasteiger partial charge in [0, 0.05) is 28.6 Å². The molecular weight excluding hydrogens is 441 g/mol. The minimum Gasteiger partial charge on any atom is -0.416 e. The van der Waals surface area contributed by atoms with E-state index in [9.17, 15) is 8.78 Å². The summed E-state index contributed by atoms with van der Waals surface area (Å²) < 4.78 is 40.4. The molecule has 0 radical (unpaired) electrons.